The van der Waals surface area contributed by atoms with Crippen molar-refractivity contribution < 1.29 is 0 Å². The monoisotopic (exact) mass is 277 g/mol. The number of hydrogen-bond acceptors (Lipinski definition) is 3. The summed E-state index contributed by atoms with van der Waals surface area (Å²) in [6.45, 7) is 7.24. The summed E-state index contributed by atoms with van der Waals surface area (Å²) in [5.41, 5.74) is 10.2. The topological polar surface area (TPSA) is 50.9 Å². The second-order valence-corrected chi connectivity index (χ2v) is 6.14. The van der Waals surface area contributed by atoms with Crippen LogP contribution in [0.2, 0.25) is 0 Å². The second kappa shape index (κ2) is 5.45. The van der Waals surface area contributed by atoms with Gasteiger partial charge in [0.15, 0.2) is 0 Å². The summed E-state index contributed by atoms with van der Waals surface area (Å²) >= 11 is 5.16. The molecule has 0 spiro atoms. The summed E-state index contributed by atoms with van der Waals surface area (Å²) in [7, 11) is 0. The van der Waals surface area contributed by atoms with E-state index in [1.807, 2.05) is 19.9 Å². The molecule has 4 heteroatoms. The number of hydrogen-bond donors (Lipinski definition) is 2. The molecule has 19 heavy (non-hydrogen) atoms. The molecule has 0 aromatic carbocycles. The molecule has 0 saturated heterocycles. The average Bonchev–Trinajstić information content (AvgIpc) is 2.26. The van der Waals surface area contributed by atoms with E-state index in [0.717, 1.165) is 29.2 Å². The van der Waals surface area contributed by atoms with Crippen LogP contribution in [0.4, 0.5) is 5.69 Å². The van der Waals surface area contributed by atoms with Crippen LogP contribution in [0.5, 0.6) is 0 Å². The molecule has 1 heterocycles. The van der Waals surface area contributed by atoms with Crippen molar-refractivity contribution >= 4 is 22.9 Å². The number of aromatic nitrogens is 1. The number of rotatable bonds is 5. The third-order valence-corrected chi connectivity index (χ3v) is 4.60. The molecule has 1 aliphatic carbocycles. The largest absolute Gasteiger partial charge is 0.389 e. The van der Waals surface area contributed by atoms with Gasteiger partial charge in [0.2, 0.25) is 0 Å². The quantitative estimate of drug-likeness (QED) is 0.811. The van der Waals surface area contributed by atoms with Gasteiger partial charge in [-0.3, -0.25) is 4.98 Å². The normalized spacial score (nSPS) is 16.8. The second-order valence-electron chi connectivity index (χ2n) is 5.70. The van der Waals surface area contributed by atoms with E-state index in [2.05, 4.69) is 17.2 Å². The van der Waals surface area contributed by atoms with E-state index in [4.69, 9.17) is 18.0 Å². The van der Waals surface area contributed by atoms with E-state index < -0.39 is 0 Å². The van der Waals surface area contributed by atoms with Crippen molar-refractivity contribution in [2.45, 2.75) is 46.5 Å². The van der Waals surface area contributed by atoms with Gasteiger partial charge in [0.25, 0.3) is 0 Å². The Balaban J connectivity index is 2.21. The fourth-order valence-electron chi connectivity index (χ4n) is 2.89. The summed E-state index contributed by atoms with van der Waals surface area (Å²) in [6, 6.07) is 2.05. The Bertz CT molecular complexity index is 487. The summed E-state index contributed by atoms with van der Waals surface area (Å²) in [6.07, 6.45) is 5.22. The maximum Gasteiger partial charge on any atom is 0.107 e. The SMILES string of the molecule is CCC1(CNc2cc(C)nc(C)c2C(N)=S)CCC1. The van der Waals surface area contributed by atoms with E-state index in [9.17, 15) is 0 Å². The first-order valence-corrected chi connectivity index (χ1v) is 7.40. The predicted octanol–water partition coefficient (Wildman–Crippen LogP) is 3.32. The molecular formula is C15H23N3S. The Morgan fingerprint density at radius 3 is 2.63 bits per heavy atom. The van der Waals surface area contributed by atoms with E-state index in [0.29, 0.717) is 10.4 Å². The lowest BCUT2D eigenvalue weighted by Gasteiger charge is -2.41. The van der Waals surface area contributed by atoms with Gasteiger partial charge in [0.1, 0.15) is 4.99 Å². The molecule has 0 bridgehead atoms. The first-order chi connectivity index (χ1) is 8.97. The van der Waals surface area contributed by atoms with Crippen LogP contribution < -0.4 is 11.1 Å². The lowest BCUT2D eigenvalue weighted by molar-refractivity contribution is 0.145. The van der Waals surface area contributed by atoms with Gasteiger partial charge < -0.3 is 11.1 Å². The number of nitrogens with two attached hydrogens (primary N) is 1. The molecule has 104 valence electrons. The van der Waals surface area contributed by atoms with Crippen molar-refractivity contribution in [1.29, 1.82) is 0 Å². The van der Waals surface area contributed by atoms with Crippen LogP contribution in [-0.2, 0) is 0 Å². The number of thiocarbonyl (C=S) groups is 1. The molecule has 0 amide bonds. The molecule has 1 fully saturated rings. The molecular weight excluding hydrogens is 254 g/mol. The van der Waals surface area contributed by atoms with Crippen LogP contribution in [-0.4, -0.2) is 16.5 Å². The number of aryl methyl sites for hydroxylation is 2. The third-order valence-electron chi connectivity index (χ3n) is 4.39. The van der Waals surface area contributed by atoms with E-state index >= 15 is 0 Å². The van der Waals surface area contributed by atoms with Gasteiger partial charge in [-0.15, -0.1) is 0 Å². The first-order valence-electron chi connectivity index (χ1n) is 6.99. The number of nitrogens with one attached hydrogen (secondary N) is 1. The molecule has 0 aliphatic heterocycles. The predicted molar refractivity (Wildman–Crippen MR) is 84.7 cm³/mol. The number of pyridine rings is 1. The lowest BCUT2D eigenvalue weighted by Crippen LogP contribution is -2.36. The zero-order valence-corrected chi connectivity index (χ0v) is 12.9. The fraction of sp³-hybridized carbons (Fsp3) is 0.600. The Morgan fingerprint density at radius 2 is 2.16 bits per heavy atom. The summed E-state index contributed by atoms with van der Waals surface area (Å²) in [4.78, 5) is 4.87. The zero-order chi connectivity index (χ0) is 14.0. The van der Waals surface area contributed by atoms with Crippen LogP contribution in [0.15, 0.2) is 6.07 Å². The molecule has 1 saturated carbocycles. The number of nitrogens with zero attached hydrogens (tertiary/aromatic N) is 1. The minimum absolute atomic E-state index is 0.423. The lowest BCUT2D eigenvalue weighted by atomic mass is 9.67. The molecule has 1 aromatic heterocycles. The van der Waals surface area contributed by atoms with Gasteiger partial charge in [-0.05, 0) is 44.6 Å². The van der Waals surface area contributed by atoms with Gasteiger partial charge in [0, 0.05) is 23.6 Å². The third kappa shape index (κ3) is 2.89. The first kappa shape index (κ1) is 14.3. The van der Waals surface area contributed by atoms with Crippen molar-refractivity contribution in [3.05, 3.63) is 23.0 Å². The van der Waals surface area contributed by atoms with Gasteiger partial charge in [-0.25, -0.2) is 0 Å². The van der Waals surface area contributed by atoms with Crippen molar-refractivity contribution in [1.82, 2.24) is 4.98 Å². The minimum Gasteiger partial charge on any atom is -0.389 e. The zero-order valence-electron chi connectivity index (χ0n) is 12.0. The maximum atomic E-state index is 5.84. The van der Waals surface area contributed by atoms with Crippen molar-refractivity contribution in [3.8, 4) is 0 Å². The molecule has 0 unspecified atom stereocenters. The highest BCUT2D eigenvalue weighted by Gasteiger charge is 2.34. The van der Waals surface area contributed by atoms with Crippen LogP contribution >= 0.6 is 12.2 Å². The summed E-state index contributed by atoms with van der Waals surface area (Å²) in [5, 5.41) is 3.56. The smallest absolute Gasteiger partial charge is 0.107 e. The molecule has 2 rings (SSSR count). The Hall–Kier alpha value is -1.16. The van der Waals surface area contributed by atoms with Crippen molar-refractivity contribution in [2.75, 3.05) is 11.9 Å². The number of anilines is 1. The molecule has 1 aromatic rings. The molecule has 0 radical (unpaired) electrons. The van der Waals surface area contributed by atoms with Gasteiger partial charge in [-0.2, -0.15) is 0 Å². The minimum atomic E-state index is 0.423. The van der Waals surface area contributed by atoms with E-state index in [1.54, 1.807) is 0 Å². The van der Waals surface area contributed by atoms with Crippen molar-refractivity contribution in [2.24, 2.45) is 11.1 Å². The molecule has 0 atom stereocenters. The highest BCUT2D eigenvalue weighted by atomic mass is 32.1. The maximum absolute atomic E-state index is 5.84. The fourth-order valence-corrected chi connectivity index (χ4v) is 3.15. The van der Waals surface area contributed by atoms with Gasteiger partial charge in [0.05, 0.1) is 5.56 Å². The highest BCUT2D eigenvalue weighted by molar-refractivity contribution is 7.80. The summed E-state index contributed by atoms with van der Waals surface area (Å²) in [5.74, 6) is 0. The Labute approximate surface area is 121 Å². The molecule has 1 aliphatic rings. The van der Waals surface area contributed by atoms with Crippen molar-refractivity contribution in [3.63, 3.8) is 0 Å². The molecule has 3 nitrogen and oxygen atoms in total. The van der Waals surface area contributed by atoms with E-state index in [-0.39, 0.29) is 0 Å². The molecule has 3 N–H and O–H groups in total. The van der Waals surface area contributed by atoms with Crippen LogP contribution in [0, 0.1) is 19.3 Å². The van der Waals surface area contributed by atoms with Crippen LogP contribution in [0.3, 0.4) is 0 Å². The highest BCUT2D eigenvalue weighted by Crippen LogP contribution is 2.43. The van der Waals surface area contributed by atoms with E-state index in [1.165, 1.54) is 25.7 Å². The summed E-state index contributed by atoms with van der Waals surface area (Å²) < 4.78 is 0. The Kier molecular flexibility index (Phi) is 4.09. The van der Waals surface area contributed by atoms with Gasteiger partial charge in [-0.1, -0.05) is 25.6 Å². The van der Waals surface area contributed by atoms with Gasteiger partial charge >= 0.3 is 0 Å². The standard InChI is InChI=1S/C15H23N3S/c1-4-15(6-5-7-15)9-17-12-8-10(2)18-11(3)13(12)14(16)19/h8H,4-7,9H2,1-3H3,(H2,16,19)(H,17,18). The van der Waals surface area contributed by atoms with Crippen LogP contribution in [0.25, 0.3) is 0 Å². The Morgan fingerprint density at radius 1 is 1.47 bits per heavy atom. The van der Waals surface area contributed by atoms with Crippen LogP contribution in [0.1, 0.15) is 49.6 Å². The average molecular weight is 277 g/mol.